The third-order valence-corrected chi connectivity index (χ3v) is 8.30. The van der Waals surface area contributed by atoms with Gasteiger partial charge in [0, 0.05) is 25.8 Å². The van der Waals surface area contributed by atoms with E-state index in [9.17, 15) is 8.42 Å². The first-order valence-corrected chi connectivity index (χ1v) is 9.58. The summed E-state index contributed by atoms with van der Waals surface area (Å²) < 4.78 is 28.2. The third kappa shape index (κ3) is 2.39. The molecule has 0 aliphatic heterocycles. The predicted molar refractivity (Wildman–Crippen MR) is 96.2 cm³/mol. The molecule has 0 amide bonds. The number of nitrogens with zero attached hydrogens (tertiary/aromatic N) is 2. The molecule has 3 rings (SSSR count). The number of halogens is 2. The summed E-state index contributed by atoms with van der Waals surface area (Å²) in [5.74, 6) is 0. The summed E-state index contributed by atoms with van der Waals surface area (Å²) in [6.45, 7) is 1.73. The molecule has 21 heavy (non-hydrogen) atoms. The van der Waals surface area contributed by atoms with Gasteiger partial charge in [-0.05, 0) is 76.1 Å². The quantitative estimate of drug-likeness (QED) is 0.613. The van der Waals surface area contributed by atoms with E-state index < -0.39 is 14.8 Å². The number of allylic oxidation sites excluding steroid dienone is 3. The molecule has 0 saturated heterocycles. The van der Waals surface area contributed by atoms with E-state index in [-0.39, 0.29) is 0 Å². The molecule has 110 valence electrons. The average molecular weight is 479 g/mol. The van der Waals surface area contributed by atoms with Crippen molar-refractivity contribution in [1.29, 1.82) is 0 Å². The molecule has 0 aromatic carbocycles. The maximum atomic E-state index is 13.1. The lowest BCUT2D eigenvalue weighted by Gasteiger charge is -2.28. The molecule has 0 fully saturated rings. The molecular weight excluding hydrogens is 467 g/mol. The van der Waals surface area contributed by atoms with Crippen LogP contribution in [0.25, 0.3) is 11.0 Å². The summed E-state index contributed by atoms with van der Waals surface area (Å²) in [5, 5.41) is 0.814. The van der Waals surface area contributed by atoms with Crippen LogP contribution in [0.15, 0.2) is 50.8 Å². The van der Waals surface area contributed by atoms with Crippen LogP contribution in [0.2, 0.25) is 0 Å². The van der Waals surface area contributed by atoms with Gasteiger partial charge in [-0.2, -0.15) is 0 Å². The smallest absolute Gasteiger partial charge is 0.237 e. The second-order valence-electron chi connectivity index (χ2n) is 5.09. The number of rotatable bonds is 2. The second-order valence-corrected chi connectivity index (χ2v) is 9.39. The van der Waals surface area contributed by atoms with Crippen molar-refractivity contribution < 1.29 is 8.42 Å². The Hall–Kier alpha value is -0.670. The minimum atomic E-state index is -3.60. The van der Waals surface area contributed by atoms with E-state index in [1.165, 1.54) is 3.97 Å². The van der Waals surface area contributed by atoms with E-state index in [0.29, 0.717) is 12.1 Å². The van der Waals surface area contributed by atoms with E-state index in [4.69, 9.17) is 0 Å². The van der Waals surface area contributed by atoms with Crippen molar-refractivity contribution in [3.63, 3.8) is 0 Å². The average Bonchev–Trinajstić information content (AvgIpc) is 2.87. The Morgan fingerprint density at radius 1 is 1.43 bits per heavy atom. The van der Waals surface area contributed by atoms with Gasteiger partial charge >= 0.3 is 0 Å². The molecule has 1 unspecified atom stereocenters. The molecular formula is C14H12BrIN2O2S. The minimum Gasteiger partial charge on any atom is -0.237 e. The van der Waals surface area contributed by atoms with Gasteiger partial charge in [0.05, 0.1) is 0 Å². The first-order valence-electron chi connectivity index (χ1n) is 6.27. The fourth-order valence-corrected chi connectivity index (χ4v) is 5.13. The number of pyridine rings is 1. The number of hydrogen-bond acceptors (Lipinski definition) is 3. The summed E-state index contributed by atoms with van der Waals surface area (Å²) in [6.07, 6.45) is 7.31. The van der Waals surface area contributed by atoms with Crippen LogP contribution < -0.4 is 0 Å². The summed E-state index contributed by atoms with van der Waals surface area (Å²) in [6, 6.07) is 5.42. The monoisotopic (exact) mass is 478 g/mol. The Morgan fingerprint density at radius 2 is 2.19 bits per heavy atom. The van der Waals surface area contributed by atoms with Gasteiger partial charge in [-0.25, -0.2) is 17.4 Å². The van der Waals surface area contributed by atoms with Crippen molar-refractivity contribution in [2.24, 2.45) is 0 Å². The van der Waals surface area contributed by atoms with Gasteiger partial charge in [0.25, 0.3) is 0 Å². The molecule has 0 bridgehead atoms. The SMILES string of the molecule is CC1(S(=O)(=O)n2ccc3cccnc32)C=C(Br)C(I)=CC1. The minimum absolute atomic E-state index is 0.440. The van der Waals surface area contributed by atoms with Crippen LogP contribution >= 0.6 is 38.5 Å². The lowest BCUT2D eigenvalue weighted by molar-refractivity contribution is 0.554. The largest absolute Gasteiger partial charge is 0.249 e. The molecule has 0 N–H and O–H groups in total. The molecule has 0 spiro atoms. The molecule has 2 heterocycles. The van der Waals surface area contributed by atoms with E-state index >= 15 is 0 Å². The first-order chi connectivity index (χ1) is 9.85. The van der Waals surface area contributed by atoms with Crippen molar-refractivity contribution in [2.75, 3.05) is 0 Å². The highest BCUT2D eigenvalue weighted by molar-refractivity contribution is 14.1. The van der Waals surface area contributed by atoms with E-state index in [2.05, 4.69) is 43.5 Å². The van der Waals surface area contributed by atoms with Crippen molar-refractivity contribution in [3.05, 3.63) is 50.8 Å². The van der Waals surface area contributed by atoms with Crippen LogP contribution in [0.1, 0.15) is 13.3 Å². The van der Waals surface area contributed by atoms with Crippen LogP contribution in [0.4, 0.5) is 0 Å². The van der Waals surface area contributed by atoms with Crippen molar-refractivity contribution in [1.82, 2.24) is 8.96 Å². The van der Waals surface area contributed by atoms with Crippen molar-refractivity contribution >= 4 is 59.6 Å². The van der Waals surface area contributed by atoms with Crippen LogP contribution in [-0.2, 0) is 10.0 Å². The zero-order valence-electron chi connectivity index (χ0n) is 11.1. The van der Waals surface area contributed by atoms with Gasteiger partial charge in [-0.15, -0.1) is 0 Å². The summed E-state index contributed by atoms with van der Waals surface area (Å²) in [4.78, 5) is 4.20. The molecule has 0 saturated carbocycles. The van der Waals surface area contributed by atoms with Crippen LogP contribution in [0, 0.1) is 0 Å². The van der Waals surface area contributed by atoms with Gasteiger partial charge < -0.3 is 0 Å². The Labute approximate surface area is 145 Å². The predicted octanol–water partition coefficient (Wildman–Crippen LogP) is 3.97. The third-order valence-electron chi connectivity index (χ3n) is 3.61. The highest BCUT2D eigenvalue weighted by atomic mass is 127. The lowest BCUT2D eigenvalue weighted by atomic mass is 10.0. The Bertz CT molecular complexity index is 885. The first kappa shape index (κ1) is 15.2. The molecule has 0 radical (unpaired) electrons. The van der Waals surface area contributed by atoms with E-state index in [0.717, 1.165) is 13.4 Å². The topological polar surface area (TPSA) is 52.0 Å². The summed E-state index contributed by atoms with van der Waals surface area (Å²) in [5.41, 5.74) is 0.465. The Morgan fingerprint density at radius 3 is 2.90 bits per heavy atom. The van der Waals surface area contributed by atoms with E-state index in [1.807, 2.05) is 12.1 Å². The van der Waals surface area contributed by atoms with Crippen LogP contribution in [-0.4, -0.2) is 22.1 Å². The highest BCUT2D eigenvalue weighted by Crippen LogP contribution is 2.38. The van der Waals surface area contributed by atoms with Gasteiger partial charge in [-0.3, -0.25) is 0 Å². The normalized spacial score (nSPS) is 23.0. The summed E-state index contributed by atoms with van der Waals surface area (Å²) in [7, 11) is -3.60. The van der Waals surface area contributed by atoms with Crippen LogP contribution in [0.5, 0.6) is 0 Å². The van der Waals surface area contributed by atoms with Gasteiger partial charge in [0.15, 0.2) is 5.65 Å². The maximum absolute atomic E-state index is 13.1. The molecule has 1 aliphatic carbocycles. The number of fused-ring (bicyclic) bond motifs is 1. The molecule has 2 aromatic heterocycles. The molecule has 4 nitrogen and oxygen atoms in total. The molecule has 1 atom stereocenters. The second kappa shape index (κ2) is 5.20. The Kier molecular flexibility index (Phi) is 3.77. The molecule has 2 aromatic rings. The van der Waals surface area contributed by atoms with Crippen LogP contribution in [0.3, 0.4) is 0 Å². The Balaban J connectivity index is 2.18. The van der Waals surface area contributed by atoms with Crippen molar-refractivity contribution in [2.45, 2.75) is 18.1 Å². The van der Waals surface area contributed by atoms with Gasteiger partial charge in [-0.1, -0.05) is 6.08 Å². The van der Waals surface area contributed by atoms with Crippen molar-refractivity contribution in [3.8, 4) is 0 Å². The standard InChI is InChI=1S/C14H12BrIN2O2S/c1-14(6-4-12(16)11(15)9-14)21(19,20)18-8-5-10-3-2-7-17-13(10)18/h2-5,7-9H,6H2,1H3. The van der Waals surface area contributed by atoms with E-state index in [1.54, 1.807) is 37.5 Å². The fourth-order valence-electron chi connectivity index (χ4n) is 2.33. The summed E-state index contributed by atoms with van der Waals surface area (Å²) >= 11 is 5.62. The highest BCUT2D eigenvalue weighted by Gasteiger charge is 2.40. The fraction of sp³-hybridized carbons (Fsp3) is 0.214. The number of hydrogen-bond donors (Lipinski definition) is 0. The lowest BCUT2D eigenvalue weighted by Crippen LogP contribution is -2.38. The molecule has 7 heteroatoms. The van der Waals surface area contributed by atoms with Gasteiger partial charge in [0.1, 0.15) is 4.75 Å². The zero-order chi connectivity index (χ0) is 15.3. The molecule has 1 aliphatic rings. The maximum Gasteiger partial charge on any atom is 0.249 e. The van der Waals surface area contributed by atoms with Gasteiger partial charge in [0.2, 0.25) is 10.0 Å². The zero-order valence-corrected chi connectivity index (χ0v) is 15.7. The number of aromatic nitrogens is 2.